The van der Waals surface area contributed by atoms with Crippen LogP contribution in [0.4, 0.5) is 4.39 Å². The van der Waals surface area contributed by atoms with Crippen molar-refractivity contribution >= 4 is 0 Å². The van der Waals surface area contributed by atoms with E-state index in [0.717, 1.165) is 0 Å². The molecule has 4 nitrogen and oxygen atoms in total. The summed E-state index contributed by atoms with van der Waals surface area (Å²) in [7, 11) is 1.27. The van der Waals surface area contributed by atoms with Crippen molar-refractivity contribution < 1.29 is 19.3 Å². The molecule has 1 aromatic rings. The molecule has 1 rings (SSSR count). The first-order valence-electron chi connectivity index (χ1n) is 4.67. The fourth-order valence-corrected chi connectivity index (χ4v) is 1.39. The molecule has 0 aliphatic carbocycles. The number of rotatable bonds is 4. The van der Waals surface area contributed by atoms with Gasteiger partial charge >= 0.3 is 0 Å². The fraction of sp³-hybridized carbons (Fsp3) is 0.364. The molecule has 16 heavy (non-hydrogen) atoms. The van der Waals surface area contributed by atoms with Gasteiger partial charge in [-0.15, -0.1) is 0 Å². The second-order valence-electron chi connectivity index (χ2n) is 3.24. The lowest BCUT2D eigenvalue weighted by atomic mass is 10.0. The maximum atomic E-state index is 13.3. The first kappa shape index (κ1) is 12.4. The predicted molar refractivity (Wildman–Crippen MR) is 54.1 cm³/mol. The van der Waals surface area contributed by atoms with Gasteiger partial charge < -0.3 is 14.9 Å². The topological polar surface area (TPSA) is 73.5 Å². The third-order valence-electron chi connectivity index (χ3n) is 2.19. The summed E-state index contributed by atoms with van der Waals surface area (Å²) in [5.41, 5.74) is 0.130. The zero-order valence-electron chi connectivity index (χ0n) is 8.72. The summed E-state index contributed by atoms with van der Waals surface area (Å²) in [6.07, 6.45) is -2.84. The van der Waals surface area contributed by atoms with Gasteiger partial charge in [-0.3, -0.25) is 0 Å². The van der Waals surface area contributed by atoms with E-state index in [9.17, 15) is 14.6 Å². The lowest BCUT2D eigenvalue weighted by molar-refractivity contribution is 0.0199. The zero-order chi connectivity index (χ0) is 12.1. The van der Waals surface area contributed by atoms with E-state index in [1.165, 1.54) is 25.3 Å². The van der Waals surface area contributed by atoms with Gasteiger partial charge in [0.05, 0.1) is 25.7 Å². The Morgan fingerprint density at radius 2 is 2.19 bits per heavy atom. The summed E-state index contributed by atoms with van der Waals surface area (Å²) in [5, 5.41) is 27.5. The van der Waals surface area contributed by atoms with Gasteiger partial charge in [-0.05, 0) is 6.07 Å². The summed E-state index contributed by atoms with van der Waals surface area (Å²) in [6, 6.07) is 5.75. The minimum absolute atomic E-state index is 0.119. The minimum atomic E-state index is -1.34. The maximum Gasteiger partial charge on any atom is 0.165 e. The van der Waals surface area contributed by atoms with Gasteiger partial charge in [0.25, 0.3) is 0 Å². The standard InChI is InChI=1S/C11H12FNO3/c1-16-11-7(3-2-4-8(11)12)10(15)9(14)5-6-13/h2-4,9-10,14-15H,5H2,1H3. The third-order valence-corrected chi connectivity index (χ3v) is 2.19. The highest BCUT2D eigenvalue weighted by atomic mass is 19.1. The zero-order valence-corrected chi connectivity index (χ0v) is 8.72. The van der Waals surface area contributed by atoms with Crippen molar-refractivity contribution in [2.75, 3.05) is 7.11 Å². The smallest absolute Gasteiger partial charge is 0.165 e. The van der Waals surface area contributed by atoms with Gasteiger partial charge in [-0.2, -0.15) is 5.26 Å². The van der Waals surface area contributed by atoms with Gasteiger partial charge in [0, 0.05) is 5.56 Å². The molecule has 0 saturated carbocycles. The summed E-state index contributed by atoms with van der Waals surface area (Å²) >= 11 is 0. The van der Waals surface area contributed by atoms with E-state index in [2.05, 4.69) is 0 Å². The minimum Gasteiger partial charge on any atom is -0.493 e. The maximum absolute atomic E-state index is 13.3. The molecule has 0 bridgehead atoms. The van der Waals surface area contributed by atoms with Crippen LogP contribution in [-0.2, 0) is 0 Å². The van der Waals surface area contributed by atoms with Crippen molar-refractivity contribution in [1.82, 2.24) is 0 Å². The van der Waals surface area contributed by atoms with Crippen LogP contribution in [-0.4, -0.2) is 23.4 Å². The lowest BCUT2D eigenvalue weighted by Crippen LogP contribution is -2.18. The Morgan fingerprint density at radius 3 is 2.75 bits per heavy atom. The van der Waals surface area contributed by atoms with Crippen molar-refractivity contribution in [1.29, 1.82) is 5.26 Å². The van der Waals surface area contributed by atoms with Crippen LogP contribution in [0, 0.1) is 17.1 Å². The number of para-hydroxylation sites is 1. The Labute approximate surface area is 92.5 Å². The van der Waals surface area contributed by atoms with Gasteiger partial charge in [0.2, 0.25) is 0 Å². The summed E-state index contributed by atoms with van der Waals surface area (Å²) in [6.45, 7) is 0. The van der Waals surface area contributed by atoms with Crippen molar-refractivity contribution in [2.24, 2.45) is 0 Å². The van der Waals surface area contributed by atoms with E-state index in [-0.39, 0.29) is 17.7 Å². The largest absolute Gasteiger partial charge is 0.493 e. The fourth-order valence-electron chi connectivity index (χ4n) is 1.39. The normalized spacial score (nSPS) is 13.9. The van der Waals surface area contributed by atoms with Crippen LogP contribution >= 0.6 is 0 Å². The Hall–Kier alpha value is -1.64. The molecule has 0 radical (unpaired) electrons. The number of hydrogen-bond acceptors (Lipinski definition) is 4. The number of hydrogen-bond donors (Lipinski definition) is 2. The third kappa shape index (κ3) is 2.48. The van der Waals surface area contributed by atoms with Crippen LogP contribution in [0.15, 0.2) is 18.2 Å². The van der Waals surface area contributed by atoms with Crippen LogP contribution in [0.3, 0.4) is 0 Å². The molecule has 0 aromatic heterocycles. The van der Waals surface area contributed by atoms with Crippen molar-refractivity contribution in [2.45, 2.75) is 18.6 Å². The number of benzene rings is 1. The van der Waals surface area contributed by atoms with Crippen LogP contribution < -0.4 is 4.74 Å². The molecule has 2 atom stereocenters. The van der Waals surface area contributed by atoms with E-state index in [0.29, 0.717) is 0 Å². The van der Waals surface area contributed by atoms with Crippen LogP contribution in [0.1, 0.15) is 18.1 Å². The molecular weight excluding hydrogens is 213 g/mol. The number of ether oxygens (including phenoxy) is 1. The molecule has 2 unspecified atom stereocenters. The Bertz CT molecular complexity index is 403. The molecule has 0 spiro atoms. The quantitative estimate of drug-likeness (QED) is 0.805. The highest BCUT2D eigenvalue weighted by Gasteiger charge is 2.23. The lowest BCUT2D eigenvalue weighted by Gasteiger charge is -2.18. The number of aliphatic hydroxyl groups excluding tert-OH is 2. The molecule has 0 amide bonds. The highest BCUT2D eigenvalue weighted by molar-refractivity contribution is 5.37. The van der Waals surface area contributed by atoms with Gasteiger partial charge in [-0.25, -0.2) is 4.39 Å². The summed E-state index contributed by atoms with van der Waals surface area (Å²) in [5.74, 6) is -0.741. The average Bonchev–Trinajstić information content (AvgIpc) is 2.28. The number of aliphatic hydroxyl groups is 2. The van der Waals surface area contributed by atoms with Crippen molar-refractivity contribution in [3.8, 4) is 11.8 Å². The number of nitriles is 1. The van der Waals surface area contributed by atoms with Crippen LogP contribution in [0.5, 0.6) is 5.75 Å². The van der Waals surface area contributed by atoms with Crippen molar-refractivity contribution in [3.63, 3.8) is 0 Å². The highest BCUT2D eigenvalue weighted by Crippen LogP contribution is 2.30. The Balaban J connectivity index is 3.04. The first-order valence-corrected chi connectivity index (χ1v) is 4.67. The molecule has 0 aliphatic rings. The molecular formula is C11H12FNO3. The molecule has 86 valence electrons. The van der Waals surface area contributed by atoms with Crippen molar-refractivity contribution in [3.05, 3.63) is 29.6 Å². The molecule has 0 fully saturated rings. The second kappa shape index (κ2) is 5.45. The van der Waals surface area contributed by atoms with E-state index in [1.807, 2.05) is 0 Å². The van der Waals surface area contributed by atoms with E-state index in [1.54, 1.807) is 6.07 Å². The Kier molecular flexibility index (Phi) is 4.23. The molecule has 0 aliphatic heterocycles. The monoisotopic (exact) mass is 225 g/mol. The molecule has 0 heterocycles. The number of methoxy groups -OCH3 is 1. The van der Waals surface area contributed by atoms with Gasteiger partial charge in [0.15, 0.2) is 11.6 Å². The summed E-state index contributed by atoms with van der Waals surface area (Å²) < 4.78 is 18.1. The predicted octanol–water partition coefficient (Wildman–Crippen LogP) is 1.14. The molecule has 1 aromatic carbocycles. The number of nitrogens with zero attached hydrogens (tertiary/aromatic N) is 1. The SMILES string of the molecule is COc1c(F)cccc1C(O)C(O)CC#N. The van der Waals surface area contributed by atoms with E-state index < -0.39 is 18.0 Å². The summed E-state index contributed by atoms with van der Waals surface area (Å²) in [4.78, 5) is 0. The second-order valence-corrected chi connectivity index (χ2v) is 3.24. The van der Waals surface area contributed by atoms with E-state index >= 15 is 0 Å². The molecule has 5 heteroatoms. The van der Waals surface area contributed by atoms with Gasteiger partial charge in [-0.1, -0.05) is 12.1 Å². The Morgan fingerprint density at radius 1 is 1.50 bits per heavy atom. The van der Waals surface area contributed by atoms with Crippen LogP contribution in [0.2, 0.25) is 0 Å². The first-order chi connectivity index (χ1) is 7.61. The average molecular weight is 225 g/mol. The van der Waals surface area contributed by atoms with E-state index in [4.69, 9.17) is 10.00 Å². The van der Waals surface area contributed by atoms with Gasteiger partial charge in [0.1, 0.15) is 6.10 Å². The molecule has 2 N–H and O–H groups in total. The van der Waals surface area contributed by atoms with Crippen LogP contribution in [0.25, 0.3) is 0 Å². The molecule has 0 saturated heterocycles. The number of halogens is 1.